The average molecular weight is 352 g/mol. The zero-order valence-corrected chi connectivity index (χ0v) is 15.0. The summed E-state index contributed by atoms with van der Waals surface area (Å²) in [6.07, 6.45) is 3.74. The average Bonchev–Trinajstić information content (AvgIpc) is 2.55. The van der Waals surface area contributed by atoms with E-state index < -0.39 is 0 Å². The van der Waals surface area contributed by atoms with Gasteiger partial charge in [-0.15, -0.1) is 0 Å². The van der Waals surface area contributed by atoms with E-state index in [9.17, 15) is 0 Å². The molecule has 2 nitrogen and oxygen atoms in total. The van der Waals surface area contributed by atoms with Crippen molar-refractivity contribution in [2.24, 2.45) is 0 Å². The Morgan fingerprint density at radius 1 is 1.00 bits per heavy atom. The summed E-state index contributed by atoms with van der Waals surface area (Å²) in [5.41, 5.74) is 2.03. The van der Waals surface area contributed by atoms with E-state index in [4.69, 9.17) is 27.9 Å². The number of halogens is 2. The van der Waals surface area contributed by atoms with Gasteiger partial charge in [0.05, 0.1) is 0 Å². The van der Waals surface area contributed by atoms with E-state index in [-0.39, 0.29) is 0 Å². The van der Waals surface area contributed by atoms with E-state index in [1.54, 1.807) is 0 Å². The molecule has 0 heterocycles. The zero-order valence-electron chi connectivity index (χ0n) is 13.4. The van der Waals surface area contributed by atoms with Crippen LogP contribution in [0.2, 0.25) is 10.0 Å². The van der Waals surface area contributed by atoms with Crippen molar-refractivity contribution < 1.29 is 4.74 Å². The molecule has 124 valence electrons. The van der Waals surface area contributed by atoms with Crippen LogP contribution in [0, 0.1) is 0 Å². The van der Waals surface area contributed by atoms with Gasteiger partial charge in [-0.25, -0.2) is 0 Å². The first kappa shape index (κ1) is 18.1. The molecule has 0 spiro atoms. The van der Waals surface area contributed by atoms with Gasteiger partial charge in [0.15, 0.2) is 0 Å². The van der Waals surface area contributed by atoms with Gasteiger partial charge in [0.25, 0.3) is 0 Å². The highest BCUT2D eigenvalue weighted by molar-refractivity contribution is 6.35. The van der Waals surface area contributed by atoms with Gasteiger partial charge in [0, 0.05) is 22.2 Å². The zero-order chi connectivity index (χ0) is 16.5. The topological polar surface area (TPSA) is 21.3 Å². The fourth-order valence-electron chi connectivity index (χ4n) is 2.30. The van der Waals surface area contributed by atoms with Crippen LogP contribution in [-0.4, -0.2) is 6.54 Å². The summed E-state index contributed by atoms with van der Waals surface area (Å²) < 4.78 is 5.84. The van der Waals surface area contributed by atoms with Crippen molar-refractivity contribution in [1.29, 1.82) is 0 Å². The first-order valence-corrected chi connectivity index (χ1v) is 8.81. The van der Waals surface area contributed by atoms with E-state index in [2.05, 4.69) is 24.4 Å². The Bertz CT molecular complexity index is 596. The molecule has 0 atom stereocenters. The maximum Gasteiger partial charge on any atom is 0.120 e. The van der Waals surface area contributed by atoms with E-state index >= 15 is 0 Å². The molecule has 0 aliphatic carbocycles. The summed E-state index contributed by atoms with van der Waals surface area (Å²) in [4.78, 5) is 0. The molecule has 0 unspecified atom stereocenters. The van der Waals surface area contributed by atoms with Gasteiger partial charge in [-0.2, -0.15) is 0 Å². The Kier molecular flexibility index (Phi) is 7.73. The van der Waals surface area contributed by atoms with Gasteiger partial charge < -0.3 is 10.1 Å². The van der Waals surface area contributed by atoms with Gasteiger partial charge >= 0.3 is 0 Å². The first-order chi connectivity index (χ1) is 11.2. The van der Waals surface area contributed by atoms with E-state index in [0.717, 1.165) is 24.4 Å². The van der Waals surface area contributed by atoms with Crippen LogP contribution in [-0.2, 0) is 13.2 Å². The van der Waals surface area contributed by atoms with Crippen LogP contribution in [0.25, 0.3) is 0 Å². The largest absolute Gasteiger partial charge is 0.489 e. The Hall–Kier alpha value is -1.22. The molecule has 0 aliphatic rings. The molecule has 0 aromatic heterocycles. The maximum absolute atomic E-state index is 6.16. The minimum atomic E-state index is 0.367. The van der Waals surface area contributed by atoms with Crippen molar-refractivity contribution in [2.45, 2.75) is 39.3 Å². The molecular formula is C19H23Cl2NO. The smallest absolute Gasteiger partial charge is 0.120 e. The highest BCUT2D eigenvalue weighted by Crippen LogP contribution is 2.26. The predicted octanol–water partition coefficient (Wildman–Crippen LogP) is 5.85. The van der Waals surface area contributed by atoms with Crippen LogP contribution < -0.4 is 10.1 Å². The Labute approximate surface area is 148 Å². The number of hydrogen-bond acceptors (Lipinski definition) is 2. The van der Waals surface area contributed by atoms with Crippen molar-refractivity contribution in [2.75, 3.05) is 6.54 Å². The molecular weight excluding hydrogens is 329 g/mol. The van der Waals surface area contributed by atoms with E-state index in [1.807, 2.05) is 30.3 Å². The van der Waals surface area contributed by atoms with Crippen molar-refractivity contribution >= 4 is 23.2 Å². The molecule has 0 amide bonds. The lowest BCUT2D eigenvalue weighted by Gasteiger charge is -2.11. The minimum absolute atomic E-state index is 0.367. The lowest BCUT2D eigenvalue weighted by Crippen LogP contribution is -2.14. The lowest BCUT2D eigenvalue weighted by molar-refractivity contribution is 0.306. The normalized spacial score (nSPS) is 10.7. The van der Waals surface area contributed by atoms with Crippen molar-refractivity contribution in [3.8, 4) is 5.75 Å². The van der Waals surface area contributed by atoms with Gasteiger partial charge in [0.1, 0.15) is 12.4 Å². The van der Waals surface area contributed by atoms with Crippen molar-refractivity contribution in [3.63, 3.8) is 0 Å². The summed E-state index contributed by atoms with van der Waals surface area (Å²) in [7, 11) is 0. The standard InChI is InChI=1S/C19H23Cl2NO/c1-2-3-4-11-22-13-15-7-5-8-16(12-15)23-14-17-18(20)9-6-10-19(17)21/h5-10,12,22H,2-4,11,13-14H2,1H3. The number of nitrogens with one attached hydrogen (secondary N) is 1. The fraction of sp³-hybridized carbons (Fsp3) is 0.368. The number of rotatable bonds is 9. The van der Waals surface area contributed by atoms with Crippen LogP contribution in [0.5, 0.6) is 5.75 Å². The van der Waals surface area contributed by atoms with Gasteiger partial charge in [-0.05, 0) is 42.8 Å². The molecule has 0 fully saturated rings. The second kappa shape index (κ2) is 9.82. The molecule has 2 rings (SSSR count). The van der Waals surface area contributed by atoms with Crippen LogP contribution in [0.3, 0.4) is 0 Å². The molecule has 0 radical (unpaired) electrons. The third kappa shape index (κ3) is 6.06. The number of ether oxygens (including phenoxy) is 1. The summed E-state index contributed by atoms with van der Waals surface area (Å²) >= 11 is 12.3. The van der Waals surface area contributed by atoms with Gasteiger partial charge in [0.2, 0.25) is 0 Å². The molecule has 2 aromatic rings. The number of hydrogen-bond donors (Lipinski definition) is 1. The third-order valence-corrected chi connectivity index (χ3v) is 4.34. The molecule has 0 saturated carbocycles. The first-order valence-electron chi connectivity index (χ1n) is 8.06. The van der Waals surface area contributed by atoms with Crippen molar-refractivity contribution in [3.05, 3.63) is 63.6 Å². The molecule has 23 heavy (non-hydrogen) atoms. The van der Waals surface area contributed by atoms with E-state index in [1.165, 1.54) is 24.8 Å². The SMILES string of the molecule is CCCCCNCc1cccc(OCc2c(Cl)cccc2Cl)c1. The molecule has 1 N–H and O–H groups in total. The highest BCUT2D eigenvalue weighted by Gasteiger charge is 2.06. The Morgan fingerprint density at radius 2 is 1.74 bits per heavy atom. The third-order valence-electron chi connectivity index (χ3n) is 3.63. The Balaban J connectivity index is 1.87. The Morgan fingerprint density at radius 3 is 2.48 bits per heavy atom. The summed E-state index contributed by atoms with van der Waals surface area (Å²) in [6.45, 7) is 4.49. The molecule has 2 aromatic carbocycles. The maximum atomic E-state index is 6.16. The van der Waals surface area contributed by atoms with Crippen LogP contribution in [0.1, 0.15) is 37.3 Å². The van der Waals surface area contributed by atoms with Crippen LogP contribution in [0.4, 0.5) is 0 Å². The molecule has 0 bridgehead atoms. The van der Waals surface area contributed by atoms with Crippen LogP contribution in [0.15, 0.2) is 42.5 Å². The predicted molar refractivity (Wildman–Crippen MR) is 98.5 cm³/mol. The highest BCUT2D eigenvalue weighted by atomic mass is 35.5. The minimum Gasteiger partial charge on any atom is -0.489 e. The monoisotopic (exact) mass is 351 g/mol. The second-order valence-corrected chi connectivity index (χ2v) is 6.33. The number of benzene rings is 2. The quantitative estimate of drug-likeness (QED) is 0.572. The van der Waals surface area contributed by atoms with Crippen molar-refractivity contribution in [1.82, 2.24) is 5.32 Å². The molecule has 0 saturated heterocycles. The second-order valence-electron chi connectivity index (χ2n) is 5.52. The summed E-state index contributed by atoms with van der Waals surface area (Å²) in [5, 5.41) is 4.72. The summed E-state index contributed by atoms with van der Waals surface area (Å²) in [5.74, 6) is 0.828. The fourth-order valence-corrected chi connectivity index (χ4v) is 2.81. The summed E-state index contributed by atoms with van der Waals surface area (Å²) in [6, 6.07) is 13.6. The molecule has 4 heteroatoms. The number of unbranched alkanes of at least 4 members (excludes halogenated alkanes) is 2. The lowest BCUT2D eigenvalue weighted by atomic mass is 10.2. The van der Waals surface area contributed by atoms with Gasteiger partial charge in [-0.3, -0.25) is 0 Å². The van der Waals surface area contributed by atoms with Crippen LogP contribution >= 0.6 is 23.2 Å². The van der Waals surface area contributed by atoms with Gasteiger partial charge in [-0.1, -0.05) is 61.2 Å². The van der Waals surface area contributed by atoms with E-state index in [0.29, 0.717) is 16.7 Å². The molecule has 0 aliphatic heterocycles.